The summed E-state index contributed by atoms with van der Waals surface area (Å²) in [6.07, 6.45) is 3.87. The standard InChI is InChI=1S/C21H25N5O/c1-15-7-8-19(24-14-15)26(3)12-11-23-21(27)18-6-4-5-17(13-18)20-22-10-9-16(2)25-20/h4-9,13-14H,10-12H2,1-3H3,(H,22,25)(H,23,27). The van der Waals surface area contributed by atoms with E-state index in [9.17, 15) is 4.79 Å². The van der Waals surface area contributed by atoms with Crippen LogP contribution in [-0.4, -0.2) is 43.4 Å². The van der Waals surface area contributed by atoms with E-state index in [2.05, 4.69) is 20.6 Å². The fraction of sp³-hybridized carbons (Fsp3) is 0.286. The maximum atomic E-state index is 12.5. The van der Waals surface area contributed by atoms with Gasteiger partial charge in [-0.1, -0.05) is 18.2 Å². The molecule has 1 aliphatic heterocycles. The molecule has 6 nitrogen and oxygen atoms in total. The fourth-order valence-corrected chi connectivity index (χ4v) is 2.76. The van der Waals surface area contributed by atoms with Crippen LogP contribution in [0.4, 0.5) is 5.82 Å². The summed E-state index contributed by atoms with van der Waals surface area (Å²) in [7, 11) is 1.97. The Hall–Kier alpha value is -3.15. The molecule has 2 N–H and O–H groups in total. The zero-order valence-electron chi connectivity index (χ0n) is 16.0. The van der Waals surface area contributed by atoms with Gasteiger partial charge in [-0.3, -0.25) is 9.79 Å². The Kier molecular flexibility index (Phi) is 5.86. The minimum absolute atomic E-state index is 0.0919. The number of aliphatic imine (C=N–C) groups is 1. The molecule has 2 heterocycles. The summed E-state index contributed by atoms with van der Waals surface area (Å²) in [6.45, 7) is 5.89. The molecule has 140 valence electrons. The molecule has 0 fully saturated rings. The molecule has 0 unspecified atom stereocenters. The number of allylic oxidation sites excluding steroid dienone is 1. The van der Waals surface area contributed by atoms with Crippen LogP contribution in [0.5, 0.6) is 0 Å². The third kappa shape index (κ3) is 4.94. The Morgan fingerprint density at radius 3 is 2.85 bits per heavy atom. The van der Waals surface area contributed by atoms with Gasteiger partial charge in [-0.05, 0) is 43.7 Å². The first-order valence-corrected chi connectivity index (χ1v) is 9.03. The molecule has 1 aromatic heterocycles. The molecular weight excluding hydrogens is 338 g/mol. The van der Waals surface area contributed by atoms with Crippen LogP contribution in [0.2, 0.25) is 0 Å². The highest BCUT2D eigenvalue weighted by molar-refractivity contribution is 6.03. The number of rotatable bonds is 6. The van der Waals surface area contributed by atoms with Crippen LogP contribution in [0, 0.1) is 6.92 Å². The minimum atomic E-state index is -0.0919. The summed E-state index contributed by atoms with van der Waals surface area (Å²) in [5.41, 5.74) is 3.74. The molecule has 1 amide bonds. The Morgan fingerprint density at radius 1 is 1.26 bits per heavy atom. The van der Waals surface area contributed by atoms with Crippen LogP contribution in [0.1, 0.15) is 28.4 Å². The van der Waals surface area contributed by atoms with Gasteiger partial charge in [0.25, 0.3) is 5.91 Å². The van der Waals surface area contributed by atoms with Crippen molar-refractivity contribution in [2.24, 2.45) is 4.99 Å². The molecule has 1 aromatic carbocycles. The van der Waals surface area contributed by atoms with Gasteiger partial charge in [-0.25, -0.2) is 4.98 Å². The fourth-order valence-electron chi connectivity index (χ4n) is 2.76. The number of carbonyl (C=O) groups excluding carboxylic acids is 1. The van der Waals surface area contributed by atoms with E-state index >= 15 is 0 Å². The van der Waals surface area contributed by atoms with Crippen molar-refractivity contribution in [2.45, 2.75) is 13.8 Å². The number of pyridine rings is 1. The quantitative estimate of drug-likeness (QED) is 0.827. The molecule has 0 saturated carbocycles. The smallest absolute Gasteiger partial charge is 0.251 e. The molecule has 0 radical (unpaired) electrons. The lowest BCUT2D eigenvalue weighted by atomic mass is 10.1. The lowest BCUT2D eigenvalue weighted by Crippen LogP contribution is -2.33. The monoisotopic (exact) mass is 363 g/mol. The van der Waals surface area contributed by atoms with E-state index in [1.54, 1.807) is 0 Å². The van der Waals surface area contributed by atoms with Gasteiger partial charge in [0.05, 0.1) is 6.54 Å². The lowest BCUT2D eigenvalue weighted by molar-refractivity contribution is 0.0954. The van der Waals surface area contributed by atoms with Crippen molar-refractivity contribution < 1.29 is 4.79 Å². The van der Waals surface area contributed by atoms with E-state index < -0.39 is 0 Å². The van der Waals surface area contributed by atoms with Gasteiger partial charge in [-0.2, -0.15) is 0 Å². The molecule has 0 bridgehead atoms. The Bertz CT molecular complexity index is 870. The molecule has 1 aliphatic rings. The van der Waals surface area contributed by atoms with Gasteiger partial charge in [0.15, 0.2) is 0 Å². The second-order valence-electron chi connectivity index (χ2n) is 6.65. The number of aryl methyl sites for hydroxylation is 1. The van der Waals surface area contributed by atoms with Gasteiger partial charge in [-0.15, -0.1) is 0 Å². The highest BCUT2D eigenvalue weighted by Gasteiger charge is 2.11. The number of amides is 1. The molecule has 27 heavy (non-hydrogen) atoms. The van der Waals surface area contributed by atoms with Gasteiger partial charge in [0.2, 0.25) is 0 Å². The maximum absolute atomic E-state index is 12.5. The van der Waals surface area contributed by atoms with E-state index in [1.807, 2.05) is 74.5 Å². The summed E-state index contributed by atoms with van der Waals surface area (Å²) < 4.78 is 0. The number of hydrogen-bond donors (Lipinski definition) is 2. The van der Waals surface area contributed by atoms with Crippen LogP contribution < -0.4 is 15.5 Å². The second kappa shape index (κ2) is 8.49. The van der Waals surface area contributed by atoms with Gasteiger partial charge in [0, 0.05) is 43.2 Å². The highest BCUT2D eigenvalue weighted by atomic mass is 16.1. The van der Waals surface area contributed by atoms with Crippen molar-refractivity contribution in [2.75, 3.05) is 31.6 Å². The third-order valence-corrected chi connectivity index (χ3v) is 4.38. The highest BCUT2D eigenvalue weighted by Crippen LogP contribution is 2.10. The SMILES string of the molecule is CC1=CCN=C(c2cccc(C(=O)NCCN(C)c3ccc(C)cn3)c2)N1. The van der Waals surface area contributed by atoms with Crippen LogP contribution in [-0.2, 0) is 0 Å². The number of amidine groups is 1. The summed E-state index contributed by atoms with van der Waals surface area (Å²) in [4.78, 5) is 23.4. The normalized spacial score (nSPS) is 13.3. The minimum Gasteiger partial charge on any atom is -0.358 e. The molecule has 0 aliphatic carbocycles. The topological polar surface area (TPSA) is 69.6 Å². The number of carbonyl (C=O) groups is 1. The summed E-state index contributed by atoms with van der Waals surface area (Å²) in [5.74, 6) is 1.60. The predicted octanol–water partition coefficient (Wildman–Crippen LogP) is 2.51. The number of nitrogens with zero attached hydrogens (tertiary/aromatic N) is 3. The van der Waals surface area contributed by atoms with Crippen LogP contribution in [0.15, 0.2) is 59.4 Å². The van der Waals surface area contributed by atoms with E-state index in [-0.39, 0.29) is 5.91 Å². The van der Waals surface area contributed by atoms with Crippen molar-refractivity contribution in [3.8, 4) is 0 Å². The molecule has 2 aromatic rings. The zero-order valence-corrected chi connectivity index (χ0v) is 16.0. The average Bonchev–Trinajstić information content (AvgIpc) is 2.68. The summed E-state index contributed by atoms with van der Waals surface area (Å²) in [5, 5.41) is 6.21. The molecule has 3 rings (SSSR count). The van der Waals surface area contributed by atoms with Crippen LogP contribution >= 0.6 is 0 Å². The Balaban J connectivity index is 1.56. The molecule has 0 atom stereocenters. The van der Waals surface area contributed by atoms with E-state index in [1.165, 1.54) is 0 Å². The molecule has 0 saturated heterocycles. The van der Waals surface area contributed by atoms with E-state index in [0.29, 0.717) is 25.2 Å². The first-order chi connectivity index (χ1) is 13.0. The van der Waals surface area contributed by atoms with Gasteiger partial charge >= 0.3 is 0 Å². The first-order valence-electron chi connectivity index (χ1n) is 9.03. The molecular formula is C21H25N5O. The first kappa shape index (κ1) is 18.6. The van der Waals surface area contributed by atoms with E-state index in [0.717, 1.165) is 28.5 Å². The summed E-state index contributed by atoms with van der Waals surface area (Å²) in [6, 6.07) is 11.5. The third-order valence-electron chi connectivity index (χ3n) is 4.38. The van der Waals surface area contributed by atoms with Crippen LogP contribution in [0.3, 0.4) is 0 Å². The van der Waals surface area contributed by atoms with Crippen molar-refractivity contribution >= 4 is 17.6 Å². The van der Waals surface area contributed by atoms with E-state index in [4.69, 9.17) is 0 Å². The number of anilines is 1. The van der Waals surface area contributed by atoms with Crippen LogP contribution in [0.25, 0.3) is 0 Å². The zero-order chi connectivity index (χ0) is 19.2. The van der Waals surface area contributed by atoms with Gasteiger partial charge in [0.1, 0.15) is 11.7 Å². The molecule has 0 spiro atoms. The lowest BCUT2D eigenvalue weighted by Gasteiger charge is -2.18. The van der Waals surface area contributed by atoms with Crippen molar-refractivity contribution in [3.63, 3.8) is 0 Å². The summed E-state index contributed by atoms with van der Waals surface area (Å²) >= 11 is 0. The number of hydrogen-bond acceptors (Lipinski definition) is 5. The van der Waals surface area contributed by atoms with Gasteiger partial charge < -0.3 is 15.5 Å². The average molecular weight is 363 g/mol. The van der Waals surface area contributed by atoms with Crippen molar-refractivity contribution in [1.82, 2.24) is 15.6 Å². The second-order valence-corrected chi connectivity index (χ2v) is 6.65. The maximum Gasteiger partial charge on any atom is 0.251 e. The van der Waals surface area contributed by atoms with Crippen molar-refractivity contribution in [1.29, 1.82) is 0 Å². The Labute approximate surface area is 160 Å². The largest absolute Gasteiger partial charge is 0.358 e. The number of aromatic nitrogens is 1. The predicted molar refractivity (Wildman–Crippen MR) is 109 cm³/mol. The Morgan fingerprint density at radius 2 is 2.11 bits per heavy atom. The number of benzene rings is 1. The number of nitrogens with one attached hydrogen (secondary N) is 2. The molecule has 6 heteroatoms. The number of likely N-dealkylation sites (N-methyl/N-ethyl adjacent to an activating group) is 1. The van der Waals surface area contributed by atoms with Crippen molar-refractivity contribution in [3.05, 3.63) is 71.1 Å².